The molecule has 84 valence electrons. The molecule has 0 aromatic carbocycles. The van der Waals surface area contributed by atoms with E-state index in [0.717, 1.165) is 19.1 Å². The molecule has 1 saturated carbocycles. The van der Waals surface area contributed by atoms with Crippen molar-refractivity contribution in [3.8, 4) is 0 Å². The molecule has 1 fully saturated rings. The molecule has 0 heterocycles. The van der Waals surface area contributed by atoms with E-state index in [1.807, 2.05) is 0 Å². The quantitative estimate of drug-likeness (QED) is 0.687. The number of rotatable bonds is 5. The topological polar surface area (TPSA) is 29.3 Å². The van der Waals surface area contributed by atoms with Crippen LogP contribution in [0.5, 0.6) is 0 Å². The van der Waals surface area contributed by atoms with Crippen LogP contribution in [0.4, 0.5) is 0 Å². The highest BCUT2D eigenvalue weighted by molar-refractivity contribution is 4.74. The lowest BCUT2D eigenvalue weighted by atomic mass is 10.1. The maximum Gasteiger partial charge on any atom is 0.0108 e. The van der Waals surface area contributed by atoms with Gasteiger partial charge in [0.25, 0.3) is 0 Å². The van der Waals surface area contributed by atoms with Gasteiger partial charge in [-0.15, -0.1) is 0 Å². The van der Waals surface area contributed by atoms with E-state index >= 15 is 0 Å². The van der Waals surface area contributed by atoms with Crippen LogP contribution < -0.4 is 5.73 Å². The molecule has 1 rings (SSSR count). The molecule has 0 atom stereocenters. The highest BCUT2D eigenvalue weighted by Gasteiger charge is 2.18. The largest absolute Gasteiger partial charge is 0.329 e. The van der Waals surface area contributed by atoms with Crippen molar-refractivity contribution in [2.24, 2.45) is 5.73 Å². The lowest BCUT2D eigenvalue weighted by Gasteiger charge is -2.30. The Labute approximate surface area is 88.8 Å². The summed E-state index contributed by atoms with van der Waals surface area (Å²) in [5.74, 6) is 0. The van der Waals surface area contributed by atoms with Gasteiger partial charge in [0.15, 0.2) is 0 Å². The normalized spacial score (nSPS) is 19.9. The molecule has 0 amide bonds. The Morgan fingerprint density at radius 1 is 1.07 bits per heavy atom. The first-order chi connectivity index (χ1) is 6.88. The van der Waals surface area contributed by atoms with Crippen molar-refractivity contribution < 1.29 is 0 Å². The molecule has 1 aliphatic carbocycles. The van der Waals surface area contributed by atoms with E-state index in [9.17, 15) is 0 Å². The first-order valence-electron chi connectivity index (χ1n) is 6.32. The number of nitrogens with two attached hydrogens (primary N) is 1. The van der Waals surface area contributed by atoms with Crippen molar-refractivity contribution in [3.05, 3.63) is 0 Å². The van der Waals surface area contributed by atoms with Crippen molar-refractivity contribution in [1.82, 2.24) is 4.90 Å². The van der Waals surface area contributed by atoms with Gasteiger partial charge in [-0.2, -0.15) is 0 Å². The van der Waals surface area contributed by atoms with Gasteiger partial charge in [-0.05, 0) is 25.8 Å². The molecule has 2 nitrogen and oxygen atoms in total. The van der Waals surface area contributed by atoms with Gasteiger partial charge in [-0.1, -0.05) is 32.6 Å². The standard InChI is InChI=1S/C12H26N2/c1-2-10-14(11-9-13)12-7-5-3-4-6-8-12/h12H,2-11,13H2,1H3. The lowest BCUT2D eigenvalue weighted by molar-refractivity contribution is 0.184. The predicted molar refractivity (Wildman–Crippen MR) is 62.4 cm³/mol. The van der Waals surface area contributed by atoms with Crippen LogP contribution in [0.2, 0.25) is 0 Å². The highest BCUT2D eigenvalue weighted by Crippen LogP contribution is 2.21. The fourth-order valence-corrected chi connectivity index (χ4v) is 2.55. The summed E-state index contributed by atoms with van der Waals surface area (Å²) in [4.78, 5) is 2.62. The number of hydrogen-bond donors (Lipinski definition) is 1. The summed E-state index contributed by atoms with van der Waals surface area (Å²) in [6.07, 6.45) is 9.81. The van der Waals surface area contributed by atoms with Crippen molar-refractivity contribution in [2.75, 3.05) is 19.6 Å². The summed E-state index contributed by atoms with van der Waals surface area (Å²) < 4.78 is 0. The molecule has 0 aromatic rings. The van der Waals surface area contributed by atoms with E-state index in [2.05, 4.69) is 11.8 Å². The first kappa shape index (κ1) is 12.0. The zero-order valence-electron chi connectivity index (χ0n) is 9.67. The molecule has 0 aromatic heterocycles. The average Bonchev–Trinajstić information content (AvgIpc) is 2.45. The molecule has 0 aliphatic heterocycles. The second-order valence-electron chi connectivity index (χ2n) is 4.47. The molecule has 0 radical (unpaired) electrons. The van der Waals surface area contributed by atoms with Crippen molar-refractivity contribution >= 4 is 0 Å². The zero-order valence-corrected chi connectivity index (χ0v) is 9.67. The van der Waals surface area contributed by atoms with E-state index in [4.69, 9.17) is 5.73 Å². The number of hydrogen-bond acceptors (Lipinski definition) is 2. The summed E-state index contributed by atoms with van der Waals surface area (Å²) in [6, 6.07) is 0.834. The molecular formula is C12H26N2. The summed E-state index contributed by atoms with van der Waals surface area (Å²) in [6.45, 7) is 5.41. The van der Waals surface area contributed by atoms with Crippen LogP contribution in [-0.4, -0.2) is 30.6 Å². The van der Waals surface area contributed by atoms with Crippen LogP contribution in [0.3, 0.4) is 0 Å². The molecular weight excluding hydrogens is 172 g/mol. The minimum atomic E-state index is 0.816. The van der Waals surface area contributed by atoms with Crippen LogP contribution in [0, 0.1) is 0 Å². The summed E-state index contributed by atoms with van der Waals surface area (Å²) >= 11 is 0. The Balaban J connectivity index is 2.38. The minimum Gasteiger partial charge on any atom is -0.329 e. The third kappa shape index (κ3) is 3.97. The van der Waals surface area contributed by atoms with Crippen molar-refractivity contribution in [2.45, 2.75) is 57.9 Å². The summed E-state index contributed by atoms with van der Waals surface area (Å²) in [5, 5.41) is 0. The molecule has 0 unspecified atom stereocenters. The van der Waals surface area contributed by atoms with Crippen molar-refractivity contribution in [1.29, 1.82) is 0 Å². The summed E-state index contributed by atoms with van der Waals surface area (Å²) in [5.41, 5.74) is 5.66. The van der Waals surface area contributed by atoms with Gasteiger partial charge in [-0.3, -0.25) is 4.90 Å². The Bertz CT molecular complexity index is 122. The van der Waals surface area contributed by atoms with Gasteiger partial charge in [0.05, 0.1) is 0 Å². The Morgan fingerprint density at radius 2 is 1.71 bits per heavy atom. The molecule has 0 saturated heterocycles. The smallest absolute Gasteiger partial charge is 0.0108 e. The zero-order chi connectivity index (χ0) is 10.2. The summed E-state index contributed by atoms with van der Waals surface area (Å²) in [7, 11) is 0. The lowest BCUT2D eigenvalue weighted by Crippen LogP contribution is -2.39. The molecule has 0 spiro atoms. The fraction of sp³-hybridized carbons (Fsp3) is 1.00. The van der Waals surface area contributed by atoms with E-state index in [1.165, 1.54) is 51.5 Å². The number of nitrogens with zero attached hydrogens (tertiary/aromatic N) is 1. The second kappa shape index (κ2) is 7.24. The van der Waals surface area contributed by atoms with Gasteiger partial charge in [-0.25, -0.2) is 0 Å². The maximum absolute atomic E-state index is 5.66. The van der Waals surface area contributed by atoms with Crippen LogP contribution in [0.1, 0.15) is 51.9 Å². The Kier molecular flexibility index (Phi) is 6.20. The molecule has 14 heavy (non-hydrogen) atoms. The van der Waals surface area contributed by atoms with Gasteiger partial charge in [0.1, 0.15) is 0 Å². The Hall–Kier alpha value is -0.0800. The fourth-order valence-electron chi connectivity index (χ4n) is 2.55. The van der Waals surface area contributed by atoms with E-state index in [0.29, 0.717) is 0 Å². The van der Waals surface area contributed by atoms with Gasteiger partial charge >= 0.3 is 0 Å². The van der Waals surface area contributed by atoms with Crippen LogP contribution in [-0.2, 0) is 0 Å². The van der Waals surface area contributed by atoms with Crippen LogP contribution in [0.25, 0.3) is 0 Å². The third-order valence-corrected chi connectivity index (χ3v) is 3.27. The van der Waals surface area contributed by atoms with E-state index in [1.54, 1.807) is 0 Å². The SMILES string of the molecule is CCCN(CCN)C1CCCCCC1. The monoisotopic (exact) mass is 198 g/mol. The van der Waals surface area contributed by atoms with Crippen LogP contribution in [0.15, 0.2) is 0 Å². The van der Waals surface area contributed by atoms with E-state index < -0.39 is 0 Å². The second-order valence-corrected chi connectivity index (χ2v) is 4.47. The molecule has 2 heteroatoms. The van der Waals surface area contributed by atoms with Crippen LogP contribution >= 0.6 is 0 Å². The Morgan fingerprint density at radius 3 is 2.21 bits per heavy atom. The van der Waals surface area contributed by atoms with Gasteiger partial charge in [0, 0.05) is 19.1 Å². The van der Waals surface area contributed by atoms with Gasteiger partial charge < -0.3 is 5.73 Å². The predicted octanol–water partition coefficient (Wildman–Crippen LogP) is 2.38. The first-order valence-corrected chi connectivity index (χ1v) is 6.32. The molecule has 2 N–H and O–H groups in total. The third-order valence-electron chi connectivity index (χ3n) is 3.27. The maximum atomic E-state index is 5.66. The van der Waals surface area contributed by atoms with Gasteiger partial charge in [0.2, 0.25) is 0 Å². The minimum absolute atomic E-state index is 0.816. The van der Waals surface area contributed by atoms with E-state index in [-0.39, 0.29) is 0 Å². The molecule has 0 bridgehead atoms. The average molecular weight is 198 g/mol. The van der Waals surface area contributed by atoms with Crippen molar-refractivity contribution in [3.63, 3.8) is 0 Å². The highest BCUT2D eigenvalue weighted by atomic mass is 15.2. The molecule has 1 aliphatic rings.